The van der Waals surface area contributed by atoms with Crippen LogP contribution < -0.4 is 10.1 Å². The van der Waals surface area contributed by atoms with Crippen LogP contribution in [0.5, 0.6) is 5.75 Å². The molecule has 0 saturated heterocycles. The Morgan fingerprint density at radius 3 is 2.55 bits per heavy atom. The van der Waals surface area contributed by atoms with E-state index < -0.39 is 0 Å². The minimum absolute atomic E-state index is 0.573. The molecule has 0 saturated carbocycles. The molecule has 0 heterocycles. The number of halogens is 2. The van der Waals surface area contributed by atoms with E-state index >= 15 is 0 Å². The molecule has 0 bridgehead atoms. The quantitative estimate of drug-likeness (QED) is 0.662. The zero-order valence-electron chi connectivity index (χ0n) is 12.2. The fourth-order valence-electron chi connectivity index (χ4n) is 1.76. The van der Waals surface area contributed by atoms with Crippen LogP contribution in [0.2, 0.25) is 10.0 Å². The minimum atomic E-state index is 0.573. The highest BCUT2D eigenvalue weighted by Crippen LogP contribution is 2.31. The molecule has 0 spiro atoms. The van der Waals surface area contributed by atoms with Crippen LogP contribution in [0.15, 0.2) is 12.1 Å². The molecule has 1 rings (SSSR count). The fourth-order valence-corrected chi connectivity index (χ4v) is 2.25. The number of benzene rings is 1. The van der Waals surface area contributed by atoms with Gasteiger partial charge in [-0.15, -0.1) is 0 Å². The Balaban J connectivity index is 2.35. The first-order valence-electron chi connectivity index (χ1n) is 7.08. The van der Waals surface area contributed by atoms with E-state index in [0.717, 1.165) is 31.5 Å². The summed E-state index contributed by atoms with van der Waals surface area (Å²) >= 11 is 12.4. The number of hydrogen-bond acceptors (Lipinski definition) is 3. The largest absolute Gasteiger partial charge is 0.492 e. The molecule has 0 aliphatic carbocycles. The van der Waals surface area contributed by atoms with Gasteiger partial charge in [-0.05, 0) is 37.9 Å². The zero-order chi connectivity index (χ0) is 14.8. The van der Waals surface area contributed by atoms with Crippen LogP contribution in [0.3, 0.4) is 0 Å². The highest BCUT2D eigenvalue weighted by molar-refractivity contribution is 6.34. The van der Waals surface area contributed by atoms with Crippen molar-refractivity contribution in [1.82, 2.24) is 5.32 Å². The Morgan fingerprint density at radius 1 is 1.05 bits per heavy atom. The average molecular weight is 320 g/mol. The fraction of sp³-hybridized carbons (Fsp3) is 0.600. The maximum atomic E-state index is 6.21. The Morgan fingerprint density at radius 2 is 1.85 bits per heavy atom. The molecule has 3 nitrogen and oxygen atoms in total. The topological polar surface area (TPSA) is 30.5 Å². The van der Waals surface area contributed by atoms with Crippen molar-refractivity contribution in [2.24, 2.45) is 0 Å². The van der Waals surface area contributed by atoms with Gasteiger partial charge < -0.3 is 14.8 Å². The highest BCUT2D eigenvalue weighted by Gasteiger charge is 2.08. The van der Waals surface area contributed by atoms with E-state index in [1.165, 1.54) is 0 Å². The van der Waals surface area contributed by atoms with Crippen LogP contribution in [-0.4, -0.2) is 32.9 Å². The van der Waals surface area contributed by atoms with Gasteiger partial charge in [0, 0.05) is 17.6 Å². The molecular weight excluding hydrogens is 297 g/mol. The first-order chi connectivity index (χ1) is 9.69. The number of ether oxygens (including phenoxy) is 2. The van der Waals surface area contributed by atoms with Crippen molar-refractivity contribution >= 4 is 23.2 Å². The number of nitrogens with one attached hydrogen (secondary N) is 1. The second-order valence-corrected chi connectivity index (χ2v) is 5.23. The van der Waals surface area contributed by atoms with Gasteiger partial charge in [-0.3, -0.25) is 0 Å². The molecule has 5 heteroatoms. The summed E-state index contributed by atoms with van der Waals surface area (Å²) in [6.45, 7) is 7.89. The molecule has 0 amide bonds. The summed E-state index contributed by atoms with van der Waals surface area (Å²) in [6.07, 6.45) is 1.89. The van der Waals surface area contributed by atoms with Crippen LogP contribution in [0, 0.1) is 0 Å². The van der Waals surface area contributed by atoms with Gasteiger partial charge in [0.05, 0.1) is 24.8 Å². The first-order valence-corrected chi connectivity index (χ1v) is 7.83. The van der Waals surface area contributed by atoms with Crippen molar-refractivity contribution in [1.29, 1.82) is 0 Å². The standard InChI is InChI=1S/C15H23Cl2NO2/c1-3-6-18-7-9-19-8-5-12-10-14(17)15(20-4-2)11-13(12)16/h10-11,18H,3-9H2,1-2H3. The molecule has 0 fully saturated rings. The average Bonchev–Trinajstić information content (AvgIpc) is 2.43. The van der Waals surface area contributed by atoms with E-state index in [1.807, 2.05) is 13.0 Å². The van der Waals surface area contributed by atoms with Gasteiger partial charge >= 0.3 is 0 Å². The summed E-state index contributed by atoms with van der Waals surface area (Å²) in [4.78, 5) is 0. The first kappa shape index (κ1) is 17.6. The Labute approximate surface area is 131 Å². The Bertz CT molecular complexity index is 400. The van der Waals surface area contributed by atoms with Gasteiger partial charge in [-0.1, -0.05) is 30.1 Å². The molecule has 0 atom stereocenters. The molecule has 0 radical (unpaired) electrons. The van der Waals surface area contributed by atoms with Gasteiger partial charge in [-0.2, -0.15) is 0 Å². The lowest BCUT2D eigenvalue weighted by Gasteiger charge is -2.10. The van der Waals surface area contributed by atoms with Crippen molar-refractivity contribution in [2.75, 3.05) is 32.9 Å². The number of rotatable bonds is 10. The van der Waals surface area contributed by atoms with E-state index in [-0.39, 0.29) is 0 Å². The van der Waals surface area contributed by atoms with E-state index in [0.29, 0.717) is 35.6 Å². The molecule has 0 aliphatic rings. The molecule has 0 aliphatic heterocycles. The lowest BCUT2D eigenvalue weighted by Crippen LogP contribution is -2.20. The van der Waals surface area contributed by atoms with Crippen molar-refractivity contribution in [3.8, 4) is 5.75 Å². The summed E-state index contributed by atoms with van der Waals surface area (Å²) in [5.74, 6) is 0.632. The summed E-state index contributed by atoms with van der Waals surface area (Å²) in [7, 11) is 0. The third-order valence-corrected chi connectivity index (χ3v) is 3.41. The summed E-state index contributed by atoms with van der Waals surface area (Å²) < 4.78 is 11.0. The molecule has 0 unspecified atom stereocenters. The van der Waals surface area contributed by atoms with Gasteiger partial charge in [0.15, 0.2) is 0 Å². The van der Waals surface area contributed by atoms with Gasteiger partial charge in [-0.25, -0.2) is 0 Å². The van der Waals surface area contributed by atoms with Gasteiger partial charge in [0.2, 0.25) is 0 Å². The Kier molecular flexibility index (Phi) is 9.03. The third kappa shape index (κ3) is 6.31. The summed E-state index contributed by atoms with van der Waals surface area (Å²) in [5.41, 5.74) is 0.988. The molecule has 1 N–H and O–H groups in total. The van der Waals surface area contributed by atoms with Gasteiger partial charge in [0.1, 0.15) is 5.75 Å². The smallest absolute Gasteiger partial charge is 0.139 e. The van der Waals surface area contributed by atoms with Crippen LogP contribution in [-0.2, 0) is 11.2 Å². The molecule has 114 valence electrons. The van der Waals surface area contributed by atoms with E-state index in [9.17, 15) is 0 Å². The Hall–Kier alpha value is -0.480. The lowest BCUT2D eigenvalue weighted by molar-refractivity contribution is 0.139. The van der Waals surface area contributed by atoms with Gasteiger partial charge in [0.25, 0.3) is 0 Å². The van der Waals surface area contributed by atoms with Crippen molar-refractivity contribution in [3.63, 3.8) is 0 Å². The van der Waals surface area contributed by atoms with Crippen LogP contribution >= 0.6 is 23.2 Å². The second kappa shape index (κ2) is 10.3. The molecule has 0 aromatic heterocycles. The predicted octanol–water partition coefficient (Wildman–Crippen LogP) is 3.95. The monoisotopic (exact) mass is 319 g/mol. The van der Waals surface area contributed by atoms with E-state index in [2.05, 4.69) is 12.2 Å². The van der Waals surface area contributed by atoms with Crippen molar-refractivity contribution in [2.45, 2.75) is 26.7 Å². The lowest BCUT2D eigenvalue weighted by atomic mass is 10.1. The summed E-state index contributed by atoms with van der Waals surface area (Å²) in [6, 6.07) is 3.62. The summed E-state index contributed by atoms with van der Waals surface area (Å²) in [5, 5.41) is 4.55. The van der Waals surface area contributed by atoms with E-state index in [4.69, 9.17) is 32.7 Å². The SMILES string of the molecule is CCCNCCOCCc1cc(Cl)c(OCC)cc1Cl. The van der Waals surface area contributed by atoms with Crippen molar-refractivity contribution in [3.05, 3.63) is 27.7 Å². The predicted molar refractivity (Wildman–Crippen MR) is 85.3 cm³/mol. The van der Waals surface area contributed by atoms with Crippen LogP contribution in [0.1, 0.15) is 25.8 Å². The molecular formula is C15H23Cl2NO2. The second-order valence-electron chi connectivity index (χ2n) is 4.42. The van der Waals surface area contributed by atoms with Crippen LogP contribution in [0.4, 0.5) is 0 Å². The zero-order valence-corrected chi connectivity index (χ0v) is 13.7. The molecule has 1 aromatic rings. The maximum absolute atomic E-state index is 6.21. The molecule has 20 heavy (non-hydrogen) atoms. The normalized spacial score (nSPS) is 10.8. The molecule has 1 aromatic carbocycles. The highest BCUT2D eigenvalue weighted by atomic mass is 35.5. The van der Waals surface area contributed by atoms with Crippen LogP contribution in [0.25, 0.3) is 0 Å². The maximum Gasteiger partial charge on any atom is 0.139 e. The van der Waals surface area contributed by atoms with E-state index in [1.54, 1.807) is 6.07 Å². The van der Waals surface area contributed by atoms with Crippen molar-refractivity contribution < 1.29 is 9.47 Å². The number of hydrogen-bond donors (Lipinski definition) is 1. The third-order valence-electron chi connectivity index (χ3n) is 2.77. The minimum Gasteiger partial charge on any atom is -0.492 e.